The molecule has 0 spiro atoms. The number of aliphatic hydroxyl groups excluding tert-OH is 2. The van der Waals surface area contributed by atoms with Crippen molar-refractivity contribution in [3.05, 3.63) is 70.2 Å². The fraction of sp³-hybridized carbons (Fsp3) is 0.469. The first-order chi connectivity index (χ1) is 21.5. The molecule has 11 nitrogen and oxygen atoms in total. The topological polar surface area (TPSA) is 130 Å². The van der Waals surface area contributed by atoms with Crippen LogP contribution in [0.4, 0.5) is 17.6 Å². The number of piperidine rings is 1. The summed E-state index contributed by atoms with van der Waals surface area (Å²) in [6.45, 7) is 2.73. The molecule has 3 heterocycles. The van der Waals surface area contributed by atoms with Gasteiger partial charge in [0.2, 0.25) is 5.95 Å². The first-order valence-electron chi connectivity index (χ1n) is 15.0. The Kier molecular flexibility index (Phi) is 11.1. The lowest BCUT2D eigenvalue weighted by Crippen LogP contribution is -2.39. The predicted octanol–water partition coefficient (Wildman–Crippen LogP) is 4.05. The van der Waals surface area contributed by atoms with Crippen molar-refractivity contribution in [1.29, 1.82) is 0 Å². The molecule has 2 saturated heterocycles. The van der Waals surface area contributed by atoms with Crippen LogP contribution in [0.25, 0.3) is 0 Å². The van der Waals surface area contributed by atoms with E-state index in [9.17, 15) is 15.0 Å². The molecular formula is C32H40ClN5O6. The first-order valence-corrected chi connectivity index (χ1v) is 15.4. The summed E-state index contributed by atoms with van der Waals surface area (Å²) in [5.41, 5.74) is 2.11. The van der Waals surface area contributed by atoms with E-state index in [4.69, 9.17) is 35.8 Å². The summed E-state index contributed by atoms with van der Waals surface area (Å²) < 4.78 is 16.7. The van der Waals surface area contributed by atoms with Crippen molar-refractivity contribution in [2.24, 2.45) is 0 Å². The SMILES string of the molecule is COc1ccc(CNc2nc(N3CCCC3CO)nc(N3CCC(O)CC3)c2C(=O)OCCOCc2ccccc2)cc1Cl. The molecule has 3 aromatic rings. The zero-order valence-electron chi connectivity index (χ0n) is 25.0. The van der Waals surface area contributed by atoms with E-state index in [0.29, 0.717) is 74.0 Å². The highest BCUT2D eigenvalue weighted by Gasteiger charge is 2.32. The molecular weight excluding hydrogens is 586 g/mol. The Morgan fingerprint density at radius 3 is 2.57 bits per heavy atom. The van der Waals surface area contributed by atoms with Crippen molar-refractivity contribution in [2.75, 3.05) is 61.7 Å². The quantitative estimate of drug-likeness (QED) is 0.188. The highest BCUT2D eigenvalue weighted by atomic mass is 35.5. The van der Waals surface area contributed by atoms with Crippen LogP contribution >= 0.6 is 11.6 Å². The second-order valence-electron chi connectivity index (χ2n) is 11.0. The molecule has 5 rings (SSSR count). The molecule has 1 unspecified atom stereocenters. The third-order valence-corrected chi connectivity index (χ3v) is 8.23. The van der Waals surface area contributed by atoms with Gasteiger partial charge in [-0.1, -0.05) is 48.0 Å². The lowest BCUT2D eigenvalue weighted by molar-refractivity contribution is 0.0289. The van der Waals surface area contributed by atoms with Crippen LogP contribution in [0, 0.1) is 0 Å². The normalized spacial score (nSPS) is 17.1. The molecule has 1 aromatic heterocycles. The second kappa shape index (κ2) is 15.4. The molecule has 0 radical (unpaired) electrons. The molecule has 236 valence electrons. The number of hydrogen-bond acceptors (Lipinski definition) is 11. The number of rotatable bonds is 13. The number of aromatic nitrogens is 2. The fourth-order valence-electron chi connectivity index (χ4n) is 5.51. The number of methoxy groups -OCH3 is 1. The Hall–Kier alpha value is -3.64. The summed E-state index contributed by atoms with van der Waals surface area (Å²) in [4.78, 5) is 27.5. The van der Waals surface area contributed by atoms with Gasteiger partial charge in [-0.15, -0.1) is 0 Å². The minimum absolute atomic E-state index is 0.0194. The molecule has 2 aromatic carbocycles. The minimum Gasteiger partial charge on any atom is -0.495 e. The van der Waals surface area contributed by atoms with Gasteiger partial charge < -0.3 is 39.5 Å². The average Bonchev–Trinajstić information content (AvgIpc) is 3.53. The molecule has 0 saturated carbocycles. The molecule has 3 N–H and O–H groups in total. The summed E-state index contributed by atoms with van der Waals surface area (Å²) in [5.74, 6) is 1.19. The van der Waals surface area contributed by atoms with Crippen LogP contribution in [0.2, 0.25) is 5.02 Å². The van der Waals surface area contributed by atoms with Crippen molar-refractivity contribution in [3.8, 4) is 5.75 Å². The van der Waals surface area contributed by atoms with Crippen LogP contribution < -0.4 is 19.9 Å². The highest BCUT2D eigenvalue weighted by molar-refractivity contribution is 6.32. The maximum Gasteiger partial charge on any atom is 0.345 e. The van der Waals surface area contributed by atoms with Crippen LogP contribution in [-0.2, 0) is 22.6 Å². The lowest BCUT2D eigenvalue weighted by atomic mass is 10.1. The summed E-state index contributed by atoms with van der Waals surface area (Å²) in [5, 5.41) is 24.0. The van der Waals surface area contributed by atoms with Crippen LogP contribution in [0.5, 0.6) is 5.75 Å². The van der Waals surface area contributed by atoms with E-state index in [1.165, 1.54) is 0 Å². The van der Waals surface area contributed by atoms with Gasteiger partial charge >= 0.3 is 5.97 Å². The molecule has 0 aliphatic carbocycles. The predicted molar refractivity (Wildman–Crippen MR) is 169 cm³/mol. The number of aliphatic hydroxyl groups is 2. The zero-order chi connectivity index (χ0) is 30.9. The van der Waals surface area contributed by atoms with Crippen LogP contribution in [0.15, 0.2) is 48.5 Å². The molecule has 0 bridgehead atoms. The molecule has 12 heteroatoms. The lowest BCUT2D eigenvalue weighted by Gasteiger charge is -2.33. The van der Waals surface area contributed by atoms with Crippen molar-refractivity contribution in [2.45, 2.75) is 51.0 Å². The number of nitrogens with one attached hydrogen (secondary N) is 1. The van der Waals surface area contributed by atoms with Crippen molar-refractivity contribution < 1.29 is 29.2 Å². The Labute approximate surface area is 262 Å². The summed E-state index contributed by atoms with van der Waals surface area (Å²) in [7, 11) is 1.56. The average molecular weight is 626 g/mol. The third-order valence-electron chi connectivity index (χ3n) is 7.94. The zero-order valence-corrected chi connectivity index (χ0v) is 25.7. The highest BCUT2D eigenvalue weighted by Crippen LogP contribution is 2.33. The Bertz CT molecular complexity index is 1390. The summed E-state index contributed by atoms with van der Waals surface area (Å²) >= 11 is 6.38. The van der Waals surface area contributed by atoms with Gasteiger partial charge in [0, 0.05) is 26.2 Å². The molecule has 44 heavy (non-hydrogen) atoms. The van der Waals surface area contributed by atoms with E-state index in [-0.39, 0.29) is 31.4 Å². The van der Waals surface area contributed by atoms with E-state index >= 15 is 0 Å². The molecule has 2 aliphatic rings. The van der Waals surface area contributed by atoms with Crippen molar-refractivity contribution >= 4 is 35.2 Å². The standard InChI is InChI=1S/C32H40ClN5O6/c1-42-27-10-9-23(18-26(27)33)19-34-29-28(31(41)44-17-16-43-21-22-6-3-2-4-7-22)30(37-14-11-25(40)12-15-37)36-32(35-29)38-13-5-8-24(38)20-39/h2-4,6-7,9-10,18,24-25,39-40H,5,8,11-17,19-21H2,1H3,(H,34,35,36). The fourth-order valence-corrected chi connectivity index (χ4v) is 5.79. The van der Waals surface area contributed by atoms with E-state index in [1.807, 2.05) is 46.2 Å². The van der Waals surface area contributed by atoms with E-state index in [0.717, 1.165) is 24.0 Å². The number of benzene rings is 2. The van der Waals surface area contributed by atoms with Gasteiger partial charge in [0.25, 0.3) is 0 Å². The van der Waals surface area contributed by atoms with E-state index < -0.39 is 12.1 Å². The largest absolute Gasteiger partial charge is 0.495 e. The maximum absolute atomic E-state index is 13.8. The summed E-state index contributed by atoms with van der Waals surface area (Å²) in [6.07, 6.45) is 2.43. The number of carbonyl (C=O) groups excluding carboxylic acids is 1. The van der Waals surface area contributed by atoms with Gasteiger partial charge in [0.15, 0.2) is 5.82 Å². The third kappa shape index (κ3) is 7.89. The molecule has 1 atom stereocenters. The number of carbonyl (C=O) groups is 1. The number of anilines is 3. The van der Waals surface area contributed by atoms with Crippen LogP contribution in [0.1, 0.15) is 47.2 Å². The van der Waals surface area contributed by atoms with Gasteiger partial charge in [0.05, 0.1) is 44.1 Å². The van der Waals surface area contributed by atoms with Crippen LogP contribution in [0.3, 0.4) is 0 Å². The van der Waals surface area contributed by atoms with Gasteiger partial charge in [0.1, 0.15) is 23.7 Å². The molecule has 2 aliphatic heterocycles. The number of esters is 1. The van der Waals surface area contributed by atoms with Crippen molar-refractivity contribution in [1.82, 2.24) is 9.97 Å². The number of halogens is 1. The van der Waals surface area contributed by atoms with Gasteiger partial charge in [-0.2, -0.15) is 9.97 Å². The number of nitrogens with zero attached hydrogens (tertiary/aromatic N) is 4. The maximum atomic E-state index is 13.8. The Morgan fingerprint density at radius 2 is 1.84 bits per heavy atom. The van der Waals surface area contributed by atoms with Crippen LogP contribution in [-0.4, -0.2) is 84.9 Å². The smallest absolute Gasteiger partial charge is 0.345 e. The first kappa shape index (κ1) is 31.8. The van der Waals surface area contributed by atoms with Crippen molar-refractivity contribution in [3.63, 3.8) is 0 Å². The molecule has 2 fully saturated rings. The number of hydrogen-bond donors (Lipinski definition) is 3. The van der Waals surface area contributed by atoms with E-state index in [1.54, 1.807) is 19.2 Å². The monoisotopic (exact) mass is 625 g/mol. The van der Waals surface area contributed by atoms with Gasteiger partial charge in [-0.25, -0.2) is 4.79 Å². The Balaban J connectivity index is 1.43. The van der Waals surface area contributed by atoms with Gasteiger partial charge in [-0.3, -0.25) is 0 Å². The minimum atomic E-state index is -0.573. The Morgan fingerprint density at radius 1 is 1.05 bits per heavy atom. The molecule has 0 amide bonds. The van der Waals surface area contributed by atoms with Gasteiger partial charge in [-0.05, 0) is 48.9 Å². The summed E-state index contributed by atoms with van der Waals surface area (Å²) in [6, 6.07) is 15.1. The number of ether oxygens (including phenoxy) is 3. The van der Waals surface area contributed by atoms with E-state index in [2.05, 4.69) is 5.32 Å². The second-order valence-corrected chi connectivity index (χ2v) is 11.4.